The second-order valence-electron chi connectivity index (χ2n) is 3.71. The summed E-state index contributed by atoms with van der Waals surface area (Å²) in [6.07, 6.45) is 0. The average molecular weight is 318 g/mol. The molecule has 0 spiro atoms. The van der Waals surface area contributed by atoms with Gasteiger partial charge in [-0.25, -0.2) is 9.89 Å². The summed E-state index contributed by atoms with van der Waals surface area (Å²) < 4.78 is 1.33. The molecule has 1 aromatic carbocycles. The van der Waals surface area contributed by atoms with Crippen molar-refractivity contribution in [2.24, 2.45) is 7.05 Å². The first kappa shape index (κ1) is 14.2. The van der Waals surface area contributed by atoms with Gasteiger partial charge in [0.15, 0.2) is 10.9 Å². The number of hydrogen-bond acceptors (Lipinski definition) is 4. The van der Waals surface area contributed by atoms with Gasteiger partial charge < -0.3 is 0 Å². The Bertz CT molecular complexity index is 681. The standard InChI is InChI=1S/C11H9Cl2N3O2S/c1-16-10(18)14-15-11(16)19-5-9(17)7-3-2-6(12)4-8(7)13/h2-4H,5H2,1H3,(H,14,18). The number of thioether (sulfide) groups is 1. The molecule has 0 saturated carbocycles. The first-order valence-corrected chi connectivity index (χ1v) is 6.95. The van der Waals surface area contributed by atoms with Gasteiger partial charge in [-0.1, -0.05) is 35.0 Å². The maximum absolute atomic E-state index is 12.0. The fourth-order valence-electron chi connectivity index (χ4n) is 1.39. The third-order valence-corrected chi connectivity index (χ3v) is 3.98. The molecule has 100 valence electrons. The third kappa shape index (κ3) is 3.20. The fraction of sp³-hybridized carbons (Fsp3) is 0.182. The van der Waals surface area contributed by atoms with E-state index in [2.05, 4.69) is 10.2 Å². The first-order chi connectivity index (χ1) is 8.99. The van der Waals surface area contributed by atoms with Crippen LogP contribution in [0.4, 0.5) is 0 Å². The molecule has 2 aromatic rings. The van der Waals surface area contributed by atoms with Crippen LogP contribution in [0.1, 0.15) is 10.4 Å². The predicted molar refractivity (Wildman–Crippen MR) is 75.3 cm³/mol. The Morgan fingerprint density at radius 3 is 2.79 bits per heavy atom. The second kappa shape index (κ2) is 5.81. The highest BCUT2D eigenvalue weighted by molar-refractivity contribution is 7.99. The minimum atomic E-state index is -0.320. The molecule has 5 nitrogen and oxygen atoms in total. The molecule has 0 radical (unpaired) electrons. The highest BCUT2D eigenvalue weighted by atomic mass is 35.5. The summed E-state index contributed by atoms with van der Waals surface area (Å²) in [5.41, 5.74) is 0.0820. The highest BCUT2D eigenvalue weighted by Gasteiger charge is 2.13. The Kier molecular flexibility index (Phi) is 4.34. The van der Waals surface area contributed by atoms with Crippen LogP contribution in [0, 0.1) is 0 Å². The topological polar surface area (TPSA) is 67.8 Å². The molecule has 0 bridgehead atoms. The molecular weight excluding hydrogens is 309 g/mol. The van der Waals surface area contributed by atoms with E-state index in [1.807, 2.05) is 0 Å². The number of aromatic nitrogens is 3. The lowest BCUT2D eigenvalue weighted by Gasteiger charge is -2.03. The molecule has 0 atom stereocenters. The van der Waals surface area contributed by atoms with Crippen molar-refractivity contribution in [3.8, 4) is 0 Å². The van der Waals surface area contributed by atoms with Gasteiger partial charge in [-0.05, 0) is 18.2 Å². The highest BCUT2D eigenvalue weighted by Crippen LogP contribution is 2.23. The van der Waals surface area contributed by atoms with Crippen LogP contribution in [0.3, 0.4) is 0 Å². The van der Waals surface area contributed by atoms with Crippen LogP contribution in [0.15, 0.2) is 28.2 Å². The van der Waals surface area contributed by atoms with Crippen molar-refractivity contribution >= 4 is 40.7 Å². The van der Waals surface area contributed by atoms with Gasteiger partial charge in [0, 0.05) is 17.6 Å². The summed E-state index contributed by atoms with van der Waals surface area (Å²) in [6.45, 7) is 0. The molecule has 19 heavy (non-hydrogen) atoms. The van der Waals surface area contributed by atoms with Crippen molar-refractivity contribution in [2.75, 3.05) is 5.75 Å². The molecule has 1 heterocycles. The third-order valence-electron chi connectivity index (χ3n) is 2.40. The van der Waals surface area contributed by atoms with Gasteiger partial charge in [0.1, 0.15) is 0 Å². The quantitative estimate of drug-likeness (QED) is 0.694. The molecule has 0 saturated heterocycles. The zero-order valence-electron chi connectivity index (χ0n) is 9.81. The van der Waals surface area contributed by atoms with Crippen LogP contribution in [0.2, 0.25) is 10.0 Å². The number of H-pyrrole nitrogens is 1. The number of rotatable bonds is 4. The van der Waals surface area contributed by atoms with Crippen molar-refractivity contribution in [1.29, 1.82) is 0 Å². The minimum Gasteiger partial charge on any atom is -0.293 e. The maximum Gasteiger partial charge on any atom is 0.343 e. The zero-order valence-corrected chi connectivity index (χ0v) is 12.1. The Labute approximate surface area is 122 Å². The van der Waals surface area contributed by atoms with E-state index in [-0.39, 0.29) is 17.2 Å². The van der Waals surface area contributed by atoms with E-state index in [0.29, 0.717) is 20.8 Å². The van der Waals surface area contributed by atoms with Crippen molar-refractivity contribution in [3.05, 3.63) is 44.3 Å². The number of benzene rings is 1. The Balaban J connectivity index is 2.09. The van der Waals surface area contributed by atoms with Crippen molar-refractivity contribution < 1.29 is 4.79 Å². The Morgan fingerprint density at radius 1 is 1.47 bits per heavy atom. The van der Waals surface area contributed by atoms with E-state index in [1.54, 1.807) is 19.2 Å². The van der Waals surface area contributed by atoms with Gasteiger partial charge in [-0.3, -0.25) is 9.36 Å². The van der Waals surface area contributed by atoms with Crippen LogP contribution >= 0.6 is 35.0 Å². The maximum atomic E-state index is 12.0. The van der Waals surface area contributed by atoms with Crippen LogP contribution in [0.5, 0.6) is 0 Å². The lowest BCUT2D eigenvalue weighted by Crippen LogP contribution is -2.13. The summed E-state index contributed by atoms with van der Waals surface area (Å²) in [7, 11) is 1.58. The van der Waals surface area contributed by atoms with Crippen molar-refractivity contribution in [3.63, 3.8) is 0 Å². The number of carbonyl (C=O) groups excluding carboxylic acids is 1. The zero-order chi connectivity index (χ0) is 14.0. The van der Waals surface area contributed by atoms with Gasteiger partial charge in [0.05, 0.1) is 10.8 Å². The monoisotopic (exact) mass is 317 g/mol. The SMILES string of the molecule is Cn1c(SCC(=O)c2ccc(Cl)cc2Cl)n[nH]c1=O. The van der Waals surface area contributed by atoms with Gasteiger partial charge in [-0.2, -0.15) is 0 Å². The van der Waals surface area contributed by atoms with Crippen LogP contribution in [0.25, 0.3) is 0 Å². The molecule has 0 aliphatic rings. The molecule has 1 N–H and O–H groups in total. The molecule has 0 amide bonds. The lowest BCUT2D eigenvalue weighted by atomic mass is 10.1. The Hall–Kier alpha value is -1.24. The fourth-order valence-corrected chi connectivity index (χ4v) is 2.70. The molecule has 2 rings (SSSR count). The average Bonchev–Trinajstić information content (AvgIpc) is 2.67. The molecule has 0 aliphatic carbocycles. The van der Waals surface area contributed by atoms with E-state index in [9.17, 15) is 9.59 Å². The molecule has 1 aromatic heterocycles. The second-order valence-corrected chi connectivity index (χ2v) is 5.49. The molecule has 0 unspecified atom stereocenters. The largest absolute Gasteiger partial charge is 0.343 e. The van der Waals surface area contributed by atoms with E-state index in [0.717, 1.165) is 11.8 Å². The first-order valence-electron chi connectivity index (χ1n) is 5.21. The van der Waals surface area contributed by atoms with Gasteiger partial charge in [0.2, 0.25) is 0 Å². The minimum absolute atomic E-state index is 0.138. The molecule has 0 fully saturated rings. The summed E-state index contributed by atoms with van der Waals surface area (Å²) >= 11 is 12.9. The predicted octanol–water partition coefficient (Wildman–Crippen LogP) is 2.39. The van der Waals surface area contributed by atoms with E-state index >= 15 is 0 Å². The summed E-state index contributed by atoms with van der Waals surface area (Å²) in [6, 6.07) is 4.71. The number of nitrogens with one attached hydrogen (secondary N) is 1. The summed E-state index contributed by atoms with van der Waals surface area (Å²) in [4.78, 5) is 23.2. The number of halogens is 2. The molecule has 0 aliphatic heterocycles. The number of hydrogen-bond donors (Lipinski definition) is 1. The van der Waals surface area contributed by atoms with E-state index in [4.69, 9.17) is 23.2 Å². The van der Waals surface area contributed by atoms with Crippen molar-refractivity contribution in [2.45, 2.75) is 5.16 Å². The van der Waals surface area contributed by atoms with Gasteiger partial charge >= 0.3 is 5.69 Å². The van der Waals surface area contributed by atoms with Crippen LogP contribution in [-0.2, 0) is 7.05 Å². The lowest BCUT2D eigenvalue weighted by molar-refractivity contribution is 0.102. The summed E-state index contributed by atoms with van der Waals surface area (Å²) in [5.74, 6) is -0.0124. The molecule has 8 heteroatoms. The molecular formula is C11H9Cl2N3O2S. The smallest absolute Gasteiger partial charge is 0.293 e. The van der Waals surface area contributed by atoms with Crippen molar-refractivity contribution in [1.82, 2.24) is 14.8 Å². The van der Waals surface area contributed by atoms with Gasteiger partial charge in [-0.15, -0.1) is 5.10 Å². The van der Waals surface area contributed by atoms with Gasteiger partial charge in [0.25, 0.3) is 0 Å². The number of nitrogens with zero attached hydrogens (tertiary/aromatic N) is 2. The Morgan fingerprint density at radius 2 is 2.21 bits per heavy atom. The summed E-state index contributed by atoms with van der Waals surface area (Å²) in [5, 5.41) is 7.34. The van der Waals surface area contributed by atoms with E-state index in [1.165, 1.54) is 10.6 Å². The number of carbonyl (C=O) groups is 1. The number of aromatic amines is 1. The van der Waals surface area contributed by atoms with Crippen LogP contribution < -0.4 is 5.69 Å². The van der Waals surface area contributed by atoms with Crippen LogP contribution in [-0.4, -0.2) is 26.3 Å². The number of ketones is 1. The van der Waals surface area contributed by atoms with E-state index < -0.39 is 0 Å². The number of Topliss-reactive ketones (excluding diaryl/α,β-unsaturated/α-hetero) is 1. The normalized spacial score (nSPS) is 10.7.